The van der Waals surface area contributed by atoms with Gasteiger partial charge in [0, 0.05) is 5.56 Å². The van der Waals surface area contributed by atoms with Crippen LogP contribution in [-0.4, -0.2) is 10.9 Å². The van der Waals surface area contributed by atoms with Crippen molar-refractivity contribution in [2.75, 3.05) is 0 Å². The number of rotatable bonds is 1. The third-order valence-corrected chi connectivity index (χ3v) is 5.42. The molecule has 1 spiro atoms. The van der Waals surface area contributed by atoms with E-state index in [0.29, 0.717) is 12.0 Å². The summed E-state index contributed by atoms with van der Waals surface area (Å²) in [6.45, 7) is 3.91. The Morgan fingerprint density at radius 2 is 1.64 bits per heavy atom. The summed E-state index contributed by atoms with van der Waals surface area (Å²) in [6, 6.07) is 15.4. The fourth-order valence-electron chi connectivity index (χ4n) is 4.46. The minimum atomic E-state index is -1.19. The first-order valence-corrected chi connectivity index (χ1v) is 7.72. The van der Waals surface area contributed by atoms with E-state index in [4.69, 9.17) is 0 Å². The van der Waals surface area contributed by atoms with Crippen molar-refractivity contribution in [2.24, 2.45) is 0 Å². The Hall–Kier alpha value is -2.19. The van der Waals surface area contributed by atoms with Crippen molar-refractivity contribution in [3.05, 3.63) is 76.4 Å². The smallest absolute Gasteiger partial charge is 0.181 e. The fourth-order valence-corrected chi connectivity index (χ4v) is 4.46. The first-order chi connectivity index (χ1) is 10.6. The van der Waals surface area contributed by atoms with E-state index in [9.17, 15) is 9.90 Å². The van der Waals surface area contributed by atoms with Crippen LogP contribution in [0.4, 0.5) is 0 Å². The van der Waals surface area contributed by atoms with Gasteiger partial charge in [-0.25, -0.2) is 0 Å². The number of carbonyl (C=O) groups excluding carboxylic acids is 1. The van der Waals surface area contributed by atoms with E-state index in [0.717, 1.165) is 22.3 Å². The van der Waals surface area contributed by atoms with Crippen LogP contribution in [0.2, 0.25) is 0 Å². The summed E-state index contributed by atoms with van der Waals surface area (Å²) in [4.78, 5) is 13.4. The normalized spacial score (nSPS) is 28.7. The van der Waals surface area contributed by atoms with Crippen molar-refractivity contribution in [3.63, 3.8) is 0 Å². The molecule has 0 bridgehead atoms. The highest BCUT2D eigenvalue weighted by Gasteiger charge is 2.65. The van der Waals surface area contributed by atoms with Crippen LogP contribution in [0.5, 0.6) is 0 Å². The lowest BCUT2D eigenvalue weighted by Crippen LogP contribution is -2.49. The number of fused-ring (bicyclic) bond motifs is 3. The van der Waals surface area contributed by atoms with Crippen LogP contribution in [0.25, 0.3) is 6.08 Å². The van der Waals surface area contributed by atoms with E-state index in [1.165, 1.54) is 0 Å². The molecule has 2 aliphatic carbocycles. The standard InChI is InChI=1S/C20H18O2/c1-3-19(22)17-11-7-5-9-15(17)18(21)20(19)13(2)12-14-8-4-6-10-16(14)20/h4-12,22H,3H2,1-2H3/t19-,20-/m0/s1. The third-order valence-electron chi connectivity index (χ3n) is 5.42. The van der Waals surface area contributed by atoms with Crippen molar-refractivity contribution in [1.29, 1.82) is 0 Å². The van der Waals surface area contributed by atoms with Gasteiger partial charge in [0.25, 0.3) is 0 Å². The summed E-state index contributed by atoms with van der Waals surface area (Å²) in [6.07, 6.45) is 2.54. The van der Waals surface area contributed by atoms with Crippen molar-refractivity contribution in [2.45, 2.75) is 31.3 Å². The Balaban J connectivity index is 2.13. The predicted molar refractivity (Wildman–Crippen MR) is 86.7 cm³/mol. The van der Waals surface area contributed by atoms with Crippen molar-refractivity contribution >= 4 is 11.9 Å². The van der Waals surface area contributed by atoms with E-state index < -0.39 is 11.0 Å². The Morgan fingerprint density at radius 1 is 1.00 bits per heavy atom. The molecule has 2 aromatic carbocycles. The molecular formula is C20H18O2. The number of hydrogen-bond acceptors (Lipinski definition) is 2. The summed E-state index contributed by atoms with van der Waals surface area (Å²) < 4.78 is 0. The van der Waals surface area contributed by atoms with Crippen LogP contribution < -0.4 is 0 Å². The molecule has 0 aliphatic heterocycles. The highest BCUT2D eigenvalue weighted by molar-refractivity contribution is 6.14. The van der Waals surface area contributed by atoms with Crippen LogP contribution in [0, 0.1) is 0 Å². The number of benzene rings is 2. The maximum Gasteiger partial charge on any atom is 0.181 e. The Bertz CT molecular complexity index is 833. The zero-order chi connectivity index (χ0) is 15.5. The molecule has 22 heavy (non-hydrogen) atoms. The zero-order valence-electron chi connectivity index (χ0n) is 12.8. The van der Waals surface area contributed by atoms with Crippen LogP contribution in [0.3, 0.4) is 0 Å². The molecule has 0 unspecified atom stereocenters. The predicted octanol–water partition coefficient (Wildman–Crippen LogP) is 3.84. The monoisotopic (exact) mass is 290 g/mol. The van der Waals surface area contributed by atoms with E-state index in [1.54, 1.807) is 0 Å². The number of ketones is 1. The molecule has 0 heterocycles. The molecule has 2 atom stereocenters. The third kappa shape index (κ3) is 1.24. The Morgan fingerprint density at radius 3 is 2.36 bits per heavy atom. The maximum atomic E-state index is 13.4. The fraction of sp³-hybridized carbons (Fsp3) is 0.250. The molecule has 0 saturated heterocycles. The van der Waals surface area contributed by atoms with Crippen molar-refractivity contribution < 1.29 is 9.90 Å². The molecule has 2 aromatic rings. The van der Waals surface area contributed by atoms with Gasteiger partial charge in [0.15, 0.2) is 5.78 Å². The maximum absolute atomic E-state index is 13.4. The molecule has 2 nitrogen and oxygen atoms in total. The van der Waals surface area contributed by atoms with Gasteiger partial charge in [0.2, 0.25) is 0 Å². The minimum Gasteiger partial charge on any atom is -0.383 e. The molecule has 0 aromatic heterocycles. The molecule has 110 valence electrons. The molecular weight excluding hydrogens is 272 g/mol. The number of Topliss-reactive ketones (excluding diaryl/α,β-unsaturated/α-hetero) is 1. The Kier molecular flexibility index (Phi) is 2.56. The molecule has 4 rings (SSSR count). The van der Waals surface area contributed by atoms with Crippen LogP contribution >= 0.6 is 0 Å². The first kappa shape index (κ1) is 13.5. The number of aliphatic hydroxyl groups is 1. The lowest BCUT2D eigenvalue weighted by molar-refractivity contribution is -0.0135. The van der Waals surface area contributed by atoms with Crippen molar-refractivity contribution in [3.8, 4) is 0 Å². The van der Waals surface area contributed by atoms with Crippen LogP contribution in [0.1, 0.15) is 47.3 Å². The summed E-state index contributed by atoms with van der Waals surface area (Å²) in [7, 11) is 0. The molecule has 2 aliphatic rings. The molecule has 0 saturated carbocycles. The van der Waals surface area contributed by atoms with Gasteiger partial charge in [0.05, 0.1) is 0 Å². The molecule has 1 N–H and O–H groups in total. The minimum absolute atomic E-state index is 0.0196. The summed E-state index contributed by atoms with van der Waals surface area (Å²) in [5.74, 6) is 0.0196. The van der Waals surface area contributed by atoms with Gasteiger partial charge < -0.3 is 5.11 Å². The highest BCUT2D eigenvalue weighted by atomic mass is 16.3. The average Bonchev–Trinajstić information content (AvgIpc) is 2.96. The van der Waals surface area contributed by atoms with Gasteiger partial charge in [-0.3, -0.25) is 4.79 Å². The van der Waals surface area contributed by atoms with E-state index in [2.05, 4.69) is 0 Å². The average molecular weight is 290 g/mol. The summed E-state index contributed by atoms with van der Waals surface area (Å²) in [5, 5.41) is 11.6. The Labute approximate surface area is 130 Å². The van der Waals surface area contributed by atoms with E-state index in [1.807, 2.05) is 68.5 Å². The second kappa shape index (κ2) is 4.17. The van der Waals surface area contributed by atoms with Gasteiger partial charge in [0.1, 0.15) is 11.0 Å². The second-order valence-electron chi connectivity index (χ2n) is 6.25. The van der Waals surface area contributed by atoms with E-state index in [-0.39, 0.29) is 5.78 Å². The summed E-state index contributed by atoms with van der Waals surface area (Å²) >= 11 is 0. The van der Waals surface area contributed by atoms with Gasteiger partial charge in [-0.05, 0) is 30.0 Å². The first-order valence-electron chi connectivity index (χ1n) is 7.72. The second-order valence-corrected chi connectivity index (χ2v) is 6.25. The lowest BCUT2D eigenvalue weighted by atomic mass is 9.64. The summed E-state index contributed by atoms with van der Waals surface area (Å²) in [5.41, 5.74) is 2.14. The molecule has 0 amide bonds. The van der Waals surface area contributed by atoms with Gasteiger partial charge in [-0.2, -0.15) is 0 Å². The van der Waals surface area contributed by atoms with Crippen LogP contribution in [-0.2, 0) is 11.0 Å². The molecule has 0 radical (unpaired) electrons. The molecule has 2 heteroatoms. The number of hydrogen-bond donors (Lipinski definition) is 1. The SMILES string of the molecule is CC[C@]1(O)c2ccccc2C(=O)[C@@]12C(C)=Cc1ccccc12. The quantitative estimate of drug-likeness (QED) is 0.866. The topological polar surface area (TPSA) is 37.3 Å². The largest absolute Gasteiger partial charge is 0.383 e. The van der Waals surface area contributed by atoms with Gasteiger partial charge in [-0.1, -0.05) is 67.1 Å². The van der Waals surface area contributed by atoms with Gasteiger partial charge in [-0.15, -0.1) is 0 Å². The van der Waals surface area contributed by atoms with E-state index >= 15 is 0 Å². The lowest BCUT2D eigenvalue weighted by Gasteiger charge is -2.40. The zero-order valence-corrected chi connectivity index (χ0v) is 12.8. The van der Waals surface area contributed by atoms with Crippen molar-refractivity contribution in [1.82, 2.24) is 0 Å². The molecule has 0 fully saturated rings. The van der Waals surface area contributed by atoms with Crippen LogP contribution in [0.15, 0.2) is 54.1 Å². The number of carbonyl (C=O) groups is 1. The highest BCUT2D eigenvalue weighted by Crippen LogP contribution is 2.60. The van der Waals surface area contributed by atoms with Gasteiger partial charge >= 0.3 is 0 Å².